The summed E-state index contributed by atoms with van der Waals surface area (Å²) in [5, 5.41) is 11.7. The van der Waals surface area contributed by atoms with Gasteiger partial charge in [0.1, 0.15) is 17.0 Å². The zero-order valence-electron chi connectivity index (χ0n) is 12.3. The van der Waals surface area contributed by atoms with Gasteiger partial charge in [0.25, 0.3) is 5.82 Å². The number of rotatable bonds is 4. The highest BCUT2D eigenvalue weighted by Gasteiger charge is 2.19. The average Bonchev–Trinajstić information content (AvgIpc) is 2.90. The maximum Gasteiger partial charge on any atom is 0.352 e. The van der Waals surface area contributed by atoms with Gasteiger partial charge in [-0.05, 0) is 29.2 Å². The van der Waals surface area contributed by atoms with Gasteiger partial charge >= 0.3 is 15.8 Å². The summed E-state index contributed by atoms with van der Waals surface area (Å²) in [6.07, 6.45) is 2.31. The van der Waals surface area contributed by atoms with E-state index < -0.39 is 10.1 Å². The van der Waals surface area contributed by atoms with Crippen LogP contribution in [0.3, 0.4) is 0 Å². The Bertz CT molecular complexity index is 981. The fourth-order valence-electron chi connectivity index (χ4n) is 2.17. The Morgan fingerprint density at radius 2 is 2.09 bits per heavy atom. The van der Waals surface area contributed by atoms with Crippen LogP contribution in [0.4, 0.5) is 0 Å². The Balaban J connectivity index is 2.09. The van der Waals surface area contributed by atoms with Crippen molar-refractivity contribution in [3.63, 3.8) is 0 Å². The molecule has 120 valence electrons. The molecule has 0 aliphatic carbocycles. The Kier molecular flexibility index (Phi) is 3.57. The van der Waals surface area contributed by atoms with Crippen LogP contribution in [0.2, 0.25) is 0 Å². The summed E-state index contributed by atoms with van der Waals surface area (Å²) in [7, 11) is -2.19. The molecule has 0 unspecified atom stereocenters. The molecule has 0 fully saturated rings. The van der Waals surface area contributed by atoms with Crippen molar-refractivity contribution in [3.8, 4) is 22.9 Å². The minimum atomic E-state index is -3.63. The number of benzene rings is 1. The highest BCUT2D eigenvalue weighted by Crippen LogP contribution is 2.32. The first-order valence-electron chi connectivity index (χ1n) is 6.53. The van der Waals surface area contributed by atoms with E-state index in [1.54, 1.807) is 18.2 Å². The third-order valence-electron chi connectivity index (χ3n) is 3.08. The number of nitrogens with zero attached hydrogens (tertiary/aromatic N) is 2. The van der Waals surface area contributed by atoms with Crippen LogP contribution in [-0.2, 0) is 10.1 Å². The molecule has 0 radical (unpaired) electrons. The fraction of sp³-hybridized carbons (Fsp3) is 0.143. The van der Waals surface area contributed by atoms with Gasteiger partial charge < -0.3 is 19.1 Å². The number of ether oxygens (including phenoxy) is 1. The molecule has 23 heavy (non-hydrogen) atoms. The highest BCUT2D eigenvalue weighted by molar-refractivity contribution is 7.86. The van der Waals surface area contributed by atoms with Gasteiger partial charge in [0, 0.05) is 6.07 Å². The van der Waals surface area contributed by atoms with Crippen molar-refractivity contribution >= 4 is 21.3 Å². The number of pyridine rings is 1. The van der Waals surface area contributed by atoms with Crippen molar-refractivity contribution in [2.24, 2.45) is 0 Å². The van der Waals surface area contributed by atoms with Gasteiger partial charge in [0.15, 0.2) is 0 Å². The topological polar surface area (TPSA) is 108 Å². The van der Waals surface area contributed by atoms with Crippen LogP contribution >= 0.6 is 0 Å². The summed E-state index contributed by atoms with van der Waals surface area (Å²) in [5.74, 6) is 0.921. The third-order valence-corrected chi connectivity index (χ3v) is 3.58. The molecule has 9 heteroatoms. The van der Waals surface area contributed by atoms with Crippen molar-refractivity contribution in [3.05, 3.63) is 41.7 Å². The second kappa shape index (κ2) is 5.43. The van der Waals surface area contributed by atoms with Gasteiger partial charge in [0.2, 0.25) is 0 Å². The van der Waals surface area contributed by atoms with E-state index in [1.165, 1.54) is 25.4 Å². The molecule has 0 saturated heterocycles. The Morgan fingerprint density at radius 1 is 1.30 bits per heavy atom. The van der Waals surface area contributed by atoms with Crippen molar-refractivity contribution in [2.45, 2.75) is 0 Å². The summed E-state index contributed by atoms with van der Waals surface area (Å²) in [5.41, 5.74) is 1.40. The van der Waals surface area contributed by atoms with Crippen molar-refractivity contribution < 1.29 is 22.1 Å². The minimum absolute atomic E-state index is 0.128. The van der Waals surface area contributed by atoms with Crippen molar-refractivity contribution in [2.75, 3.05) is 13.4 Å². The van der Waals surface area contributed by atoms with Gasteiger partial charge in [-0.25, -0.2) is 4.73 Å². The average molecular weight is 335 g/mol. The number of nitrogens with one attached hydrogen (secondary N) is 1. The van der Waals surface area contributed by atoms with E-state index in [4.69, 9.17) is 8.92 Å². The van der Waals surface area contributed by atoms with Crippen LogP contribution < -0.4 is 13.7 Å². The summed E-state index contributed by atoms with van der Waals surface area (Å²) < 4.78 is 33.1. The second-order valence-corrected chi connectivity index (χ2v) is 6.38. The predicted octanol–water partition coefficient (Wildman–Crippen LogP) is 1.21. The molecule has 3 rings (SSSR count). The smallest absolute Gasteiger partial charge is 0.352 e. The third kappa shape index (κ3) is 3.04. The molecule has 8 nitrogen and oxygen atoms in total. The SMILES string of the molecule is COc1cc(OS(C)(=O)=O)ccc1-c1nc2c(ccc[n+]2[O-])[nH]1. The lowest BCUT2D eigenvalue weighted by Crippen LogP contribution is -2.25. The normalized spacial score (nSPS) is 11.6. The first-order chi connectivity index (χ1) is 10.9. The lowest BCUT2D eigenvalue weighted by molar-refractivity contribution is -0.579. The van der Waals surface area contributed by atoms with Crippen LogP contribution in [0.1, 0.15) is 0 Å². The van der Waals surface area contributed by atoms with E-state index in [0.717, 1.165) is 6.26 Å². The number of fused-ring (bicyclic) bond motifs is 1. The molecule has 0 bridgehead atoms. The van der Waals surface area contributed by atoms with Gasteiger partial charge in [-0.2, -0.15) is 8.42 Å². The number of aromatic nitrogens is 3. The highest BCUT2D eigenvalue weighted by atomic mass is 32.2. The van der Waals surface area contributed by atoms with Gasteiger partial charge in [0.05, 0.1) is 25.1 Å². The number of methoxy groups -OCH3 is 1. The van der Waals surface area contributed by atoms with Gasteiger partial charge in [-0.15, -0.1) is 0 Å². The Hall–Kier alpha value is -2.81. The van der Waals surface area contributed by atoms with Crippen molar-refractivity contribution in [1.29, 1.82) is 0 Å². The van der Waals surface area contributed by atoms with Gasteiger partial charge in [-0.3, -0.25) is 0 Å². The number of H-pyrrole nitrogens is 1. The van der Waals surface area contributed by atoms with E-state index in [-0.39, 0.29) is 11.4 Å². The minimum Gasteiger partial charge on any atom is -0.710 e. The molecular weight excluding hydrogens is 322 g/mol. The predicted molar refractivity (Wildman–Crippen MR) is 82.5 cm³/mol. The lowest BCUT2D eigenvalue weighted by Gasteiger charge is -2.07. The molecule has 0 aliphatic heterocycles. The molecule has 0 spiro atoms. The van der Waals surface area contributed by atoms with Gasteiger partial charge in [-0.1, -0.05) is 0 Å². The number of hydrogen-bond donors (Lipinski definition) is 1. The molecule has 1 aromatic carbocycles. The quantitative estimate of drug-likeness (QED) is 0.436. The summed E-state index contributed by atoms with van der Waals surface area (Å²) >= 11 is 0. The maximum atomic E-state index is 11.7. The Labute approximate surface area is 132 Å². The standard InChI is InChI=1S/C14H13N3O5S/c1-21-12-8-9(22-23(2,19)20)5-6-10(12)13-15-11-4-3-7-17(18)14(11)16-13/h3-8H,1-2H3,(H,15,16). The lowest BCUT2D eigenvalue weighted by atomic mass is 10.2. The summed E-state index contributed by atoms with van der Waals surface area (Å²) in [6, 6.07) is 7.86. The van der Waals surface area contributed by atoms with E-state index in [0.29, 0.717) is 27.4 Å². The number of hydrogen-bond acceptors (Lipinski definition) is 6. The summed E-state index contributed by atoms with van der Waals surface area (Å²) in [4.78, 5) is 7.28. The molecule has 0 atom stereocenters. The Morgan fingerprint density at radius 3 is 2.74 bits per heavy atom. The maximum absolute atomic E-state index is 11.7. The first-order valence-corrected chi connectivity index (χ1v) is 8.35. The largest absolute Gasteiger partial charge is 0.710 e. The molecule has 0 aliphatic rings. The molecular formula is C14H13N3O5S. The molecule has 0 amide bonds. The van der Waals surface area contributed by atoms with Crippen LogP contribution in [0.5, 0.6) is 11.5 Å². The van der Waals surface area contributed by atoms with Crippen LogP contribution in [0.15, 0.2) is 36.5 Å². The zero-order chi connectivity index (χ0) is 16.6. The molecule has 1 N–H and O–H groups in total. The number of aromatic amines is 1. The monoisotopic (exact) mass is 335 g/mol. The second-order valence-electron chi connectivity index (χ2n) is 4.81. The zero-order valence-corrected chi connectivity index (χ0v) is 13.1. The van der Waals surface area contributed by atoms with Crippen LogP contribution in [0.25, 0.3) is 22.6 Å². The summed E-state index contributed by atoms with van der Waals surface area (Å²) in [6.45, 7) is 0. The van der Waals surface area contributed by atoms with Crippen LogP contribution in [-0.4, -0.2) is 31.8 Å². The van der Waals surface area contributed by atoms with E-state index >= 15 is 0 Å². The first kappa shape index (κ1) is 15.1. The van der Waals surface area contributed by atoms with Crippen molar-refractivity contribution in [1.82, 2.24) is 9.97 Å². The molecule has 2 heterocycles. The molecule has 3 aromatic rings. The molecule has 0 saturated carbocycles. The van der Waals surface area contributed by atoms with Crippen LogP contribution in [0, 0.1) is 5.21 Å². The van der Waals surface area contributed by atoms with E-state index in [1.807, 2.05) is 0 Å². The number of imidazole rings is 1. The van der Waals surface area contributed by atoms with E-state index in [9.17, 15) is 13.6 Å². The van der Waals surface area contributed by atoms with E-state index in [2.05, 4.69) is 9.97 Å². The molecule has 2 aromatic heterocycles. The fourth-order valence-corrected chi connectivity index (χ4v) is 2.62.